The molecule has 0 saturated heterocycles. The highest BCUT2D eigenvalue weighted by atomic mass is 19.1. The van der Waals surface area contributed by atoms with Gasteiger partial charge in [0, 0.05) is 5.56 Å². The van der Waals surface area contributed by atoms with Crippen molar-refractivity contribution in [2.45, 2.75) is 6.61 Å². The average Bonchev–Trinajstić information content (AvgIpc) is 2.83. The van der Waals surface area contributed by atoms with Gasteiger partial charge in [-0.15, -0.1) is 0 Å². The van der Waals surface area contributed by atoms with E-state index in [9.17, 15) is 9.18 Å². The van der Waals surface area contributed by atoms with Crippen LogP contribution in [0.25, 0.3) is 10.8 Å². The van der Waals surface area contributed by atoms with Gasteiger partial charge in [0.25, 0.3) is 5.91 Å². The lowest BCUT2D eigenvalue weighted by molar-refractivity contribution is -0.123. The van der Waals surface area contributed by atoms with E-state index in [0.717, 1.165) is 21.9 Å². The first-order valence-electron chi connectivity index (χ1n) is 10.1. The van der Waals surface area contributed by atoms with Crippen LogP contribution in [0.4, 0.5) is 4.39 Å². The van der Waals surface area contributed by atoms with Gasteiger partial charge in [-0.3, -0.25) is 4.79 Å². The number of para-hydroxylation sites is 1. The molecule has 6 heteroatoms. The van der Waals surface area contributed by atoms with Gasteiger partial charge in [0.1, 0.15) is 23.9 Å². The molecule has 0 aliphatic rings. The minimum atomic E-state index is -0.376. The summed E-state index contributed by atoms with van der Waals surface area (Å²) in [6, 6.07) is 26.9. The molecule has 0 saturated carbocycles. The minimum absolute atomic E-state index is 0.148. The zero-order chi connectivity index (χ0) is 22.2. The molecule has 0 bridgehead atoms. The second-order valence-corrected chi connectivity index (χ2v) is 7.01. The monoisotopic (exact) mass is 428 g/mol. The number of halogens is 1. The fourth-order valence-electron chi connectivity index (χ4n) is 3.14. The summed E-state index contributed by atoms with van der Waals surface area (Å²) in [6.45, 7) is 0.127. The highest BCUT2D eigenvalue weighted by molar-refractivity contribution is 6.02. The Balaban J connectivity index is 1.47. The van der Waals surface area contributed by atoms with E-state index in [-0.39, 0.29) is 24.9 Å². The van der Waals surface area contributed by atoms with Crippen LogP contribution in [0, 0.1) is 5.82 Å². The van der Waals surface area contributed by atoms with Crippen LogP contribution in [0.2, 0.25) is 0 Å². The number of fused-ring (bicyclic) bond motifs is 1. The molecule has 0 spiro atoms. The lowest BCUT2D eigenvalue weighted by Gasteiger charge is -2.12. The van der Waals surface area contributed by atoms with Gasteiger partial charge in [-0.25, -0.2) is 9.82 Å². The van der Waals surface area contributed by atoms with E-state index in [4.69, 9.17) is 9.47 Å². The first-order valence-corrected chi connectivity index (χ1v) is 10.1. The van der Waals surface area contributed by atoms with Crippen molar-refractivity contribution >= 4 is 22.9 Å². The lowest BCUT2D eigenvalue weighted by atomic mass is 10.0. The number of amides is 1. The maximum absolute atomic E-state index is 13.1. The number of carbonyl (C=O) groups excluding carboxylic acids is 1. The van der Waals surface area contributed by atoms with E-state index < -0.39 is 0 Å². The van der Waals surface area contributed by atoms with Crippen LogP contribution in [0.15, 0.2) is 96.1 Å². The molecule has 0 fully saturated rings. The van der Waals surface area contributed by atoms with E-state index in [2.05, 4.69) is 10.5 Å². The third-order valence-electron chi connectivity index (χ3n) is 4.73. The van der Waals surface area contributed by atoms with Crippen molar-refractivity contribution in [3.8, 4) is 11.5 Å². The van der Waals surface area contributed by atoms with Gasteiger partial charge < -0.3 is 9.47 Å². The average molecular weight is 428 g/mol. The number of benzene rings is 4. The Kier molecular flexibility index (Phi) is 6.72. The normalized spacial score (nSPS) is 10.9. The van der Waals surface area contributed by atoms with Crippen molar-refractivity contribution in [2.75, 3.05) is 6.61 Å². The quantitative estimate of drug-likeness (QED) is 0.314. The number of hydrazone groups is 1. The fourth-order valence-corrected chi connectivity index (χ4v) is 3.14. The van der Waals surface area contributed by atoms with Gasteiger partial charge in [-0.1, -0.05) is 60.7 Å². The van der Waals surface area contributed by atoms with E-state index in [0.29, 0.717) is 11.5 Å². The van der Waals surface area contributed by atoms with E-state index in [1.807, 2.05) is 54.6 Å². The molecule has 4 aromatic rings. The van der Waals surface area contributed by atoms with Crippen LogP contribution in [0.5, 0.6) is 11.5 Å². The number of nitrogens with zero attached hydrogens (tertiary/aromatic N) is 1. The zero-order valence-corrected chi connectivity index (χ0v) is 17.2. The van der Waals surface area contributed by atoms with Crippen LogP contribution >= 0.6 is 0 Å². The molecule has 0 aliphatic heterocycles. The van der Waals surface area contributed by atoms with Gasteiger partial charge in [0.05, 0.1) is 6.21 Å². The number of ether oxygens (including phenoxy) is 2. The zero-order valence-electron chi connectivity index (χ0n) is 17.2. The number of carbonyl (C=O) groups is 1. The predicted molar refractivity (Wildman–Crippen MR) is 122 cm³/mol. The molecule has 0 aromatic heterocycles. The molecule has 1 N–H and O–H groups in total. The molecule has 4 aromatic carbocycles. The van der Waals surface area contributed by atoms with Gasteiger partial charge in [-0.2, -0.15) is 5.10 Å². The number of hydrogen-bond donors (Lipinski definition) is 1. The van der Waals surface area contributed by atoms with Crippen molar-refractivity contribution in [3.05, 3.63) is 108 Å². The predicted octanol–water partition coefficient (Wildman–Crippen LogP) is 5.09. The third kappa shape index (κ3) is 5.49. The van der Waals surface area contributed by atoms with Crippen molar-refractivity contribution in [1.29, 1.82) is 0 Å². The van der Waals surface area contributed by atoms with Crippen LogP contribution in [-0.4, -0.2) is 18.7 Å². The molecule has 32 heavy (non-hydrogen) atoms. The summed E-state index contributed by atoms with van der Waals surface area (Å²) in [4.78, 5) is 12.1. The molecule has 0 radical (unpaired) electrons. The molecule has 160 valence electrons. The molecule has 4 rings (SSSR count). The van der Waals surface area contributed by atoms with Crippen LogP contribution in [0.3, 0.4) is 0 Å². The van der Waals surface area contributed by atoms with Gasteiger partial charge >= 0.3 is 0 Å². The van der Waals surface area contributed by atoms with Crippen molar-refractivity contribution in [2.24, 2.45) is 5.10 Å². The summed E-state index contributed by atoms with van der Waals surface area (Å²) in [5.41, 5.74) is 4.05. The molecule has 0 unspecified atom stereocenters. The highest BCUT2D eigenvalue weighted by Gasteiger charge is 2.08. The molecule has 0 atom stereocenters. The smallest absolute Gasteiger partial charge is 0.277 e. The van der Waals surface area contributed by atoms with Crippen molar-refractivity contribution < 1.29 is 18.7 Å². The largest absolute Gasteiger partial charge is 0.488 e. The Morgan fingerprint density at radius 3 is 2.44 bits per heavy atom. The van der Waals surface area contributed by atoms with Crippen LogP contribution < -0.4 is 14.9 Å². The standard InChI is InChI=1S/C26H21FN2O3/c27-21-13-10-19(11-14-21)17-32-25-15-12-20-6-4-5-9-23(20)24(25)16-28-29-26(30)18-31-22-7-2-1-3-8-22/h1-16H,17-18H2,(H,29,30). The molecule has 0 aliphatic carbocycles. The molecular formula is C26H21FN2O3. The Morgan fingerprint density at radius 1 is 0.875 bits per heavy atom. The molecule has 1 amide bonds. The van der Waals surface area contributed by atoms with Crippen molar-refractivity contribution in [3.63, 3.8) is 0 Å². The van der Waals surface area contributed by atoms with Crippen LogP contribution in [0.1, 0.15) is 11.1 Å². The van der Waals surface area contributed by atoms with Crippen LogP contribution in [-0.2, 0) is 11.4 Å². The summed E-state index contributed by atoms with van der Waals surface area (Å²) in [5, 5.41) is 6.05. The first kappa shape index (κ1) is 21.1. The molecule has 5 nitrogen and oxygen atoms in total. The van der Waals surface area contributed by atoms with Gasteiger partial charge in [0.2, 0.25) is 0 Å². The summed E-state index contributed by atoms with van der Waals surface area (Å²) in [5.74, 6) is 0.544. The molecule has 0 heterocycles. The Hall–Kier alpha value is -4.19. The Bertz CT molecular complexity index is 1230. The topological polar surface area (TPSA) is 59.9 Å². The Labute approximate surface area is 185 Å². The fraction of sp³-hybridized carbons (Fsp3) is 0.0769. The number of nitrogens with one attached hydrogen (secondary N) is 1. The van der Waals surface area contributed by atoms with Gasteiger partial charge in [0.15, 0.2) is 6.61 Å². The SMILES string of the molecule is O=C(COc1ccccc1)NN=Cc1c(OCc2ccc(F)cc2)ccc2ccccc12. The second-order valence-electron chi connectivity index (χ2n) is 7.01. The number of hydrogen-bond acceptors (Lipinski definition) is 4. The van der Waals surface area contributed by atoms with E-state index in [1.54, 1.807) is 30.5 Å². The van der Waals surface area contributed by atoms with E-state index >= 15 is 0 Å². The first-order chi connectivity index (χ1) is 15.7. The number of rotatable bonds is 8. The third-order valence-corrected chi connectivity index (χ3v) is 4.73. The highest BCUT2D eigenvalue weighted by Crippen LogP contribution is 2.27. The molecular weight excluding hydrogens is 407 g/mol. The van der Waals surface area contributed by atoms with Gasteiger partial charge in [-0.05, 0) is 46.7 Å². The maximum atomic E-state index is 13.1. The Morgan fingerprint density at radius 2 is 1.62 bits per heavy atom. The van der Waals surface area contributed by atoms with E-state index in [1.165, 1.54) is 12.1 Å². The second kappa shape index (κ2) is 10.2. The maximum Gasteiger partial charge on any atom is 0.277 e. The summed E-state index contributed by atoms with van der Waals surface area (Å²) < 4.78 is 24.5. The summed E-state index contributed by atoms with van der Waals surface area (Å²) in [7, 11) is 0. The minimum Gasteiger partial charge on any atom is -0.488 e. The summed E-state index contributed by atoms with van der Waals surface area (Å²) >= 11 is 0. The lowest BCUT2D eigenvalue weighted by Crippen LogP contribution is -2.24. The summed E-state index contributed by atoms with van der Waals surface area (Å²) in [6.07, 6.45) is 1.56. The van der Waals surface area contributed by atoms with Crippen molar-refractivity contribution in [1.82, 2.24) is 5.43 Å².